The van der Waals surface area contributed by atoms with Gasteiger partial charge < -0.3 is 5.32 Å². The van der Waals surface area contributed by atoms with Crippen molar-refractivity contribution >= 4 is 33.5 Å². The number of carbonyl (C=O) groups is 1. The SMILES string of the molecule is CCn1nc(C)c(CN=C(NC(=O)c2cccc(C)c2)Nc2ccc(Br)cc2)c1C. The molecule has 2 aromatic carbocycles. The first-order chi connectivity index (χ1) is 14.4. The minimum atomic E-state index is -0.209. The van der Waals surface area contributed by atoms with Gasteiger partial charge in [0.2, 0.25) is 5.96 Å². The van der Waals surface area contributed by atoms with Gasteiger partial charge in [0.1, 0.15) is 0 Å². The molecule has 0 fully saturated rings. The number of amides is 1. The Kier molecular flexibility index (Phi) is 7.05. The normalized spacial score (nSPS) is 11.4. The smallest absolute Gasteiger partial charge is 0.257 e. The molecule has 0 saturated carbocycles. The van der Waals surface area contributed by atoms with Crippen molar-refractivity contribution in [1.29, 1.82) is 0 Å². The lowest BCUT2D eigenvalue weighted by molar-refractivity contribution is 0.0977. The van der Waals surface area contributed by atoms with Gasteiger partial charge in [-0.25, -0.2) is 4.99 Å². The van der Waals surface area contributed by atoms with Gasteiger partial charge in [-0.1, -0.05) is 33.6 Å². The first kappa shape index (κ1) is 21.8. The number of halogens is 1. The van der Waals surface area contributed by atoms with E-state index in [1.165, 1.54) is 0 Å². The van der Waals surface area contributed by atoms with Crippen molar-refractivity contribution in [3.63, 3.8) is 0 Å². The number of carbonyl (C=O) groups excluding carboxylic acids is 1. The molecule has 7 heteroatoms. The van der Waals surface area contributed by atoms with Crippen LogP contribution in [0.15, 0.2) is 58.0 Å². The summed E-state index contributed by atoms with van der Waals surface area (Å²) in [4.78, 5) is 17.5. The highest BCUT2D eigenvalue weighted by atomic mass is 79.9. The van der Waals surface area contributed by atoms with Gasteiger partial charge >= 0.3 is 0 Å². The quantitative estimate of drug-likeness (QED) is 0.410. The third-order valence-electron chi connectivity index (χ3n) is 4.85. The van der Waals surface area contributed by atoms with Gasteiger partial charge in [-0.05, 0) is 64.1 Å². The highest BCUT2D eigenvalue weighted by molar-refractivity contribution is 9.10. The predicted octanol–water partition coefficient (Wildman–Crippen LogP) is 4.99. The van der Waals surface area contributed by atoms with Gasteiger partial charge in [0, 0.05) is 33.5 Å². The topological polar surface area (TPSA) is 71.3 Å². The summed E-state index contributed by atoms with van der Waals surface area (Å²) in [7, 11) is 0. The molecule has 6 nitrogen and oxygen atoms in total. The van der Waals surface area contributed by atoms with Crippen molar-refractivity contribution in [2.45, 2.75) is 40.8 Å². The average molecular weight is 468 g/mol. The second kappa shape index (κ2) is 9.71. The van der Waals surface area contributed by atoms with Gasteiger partial charge in [-0.2, -0.15) is 5.10 Å². The summed E-state index contributed by atoms with van der Waals surface area (Å²) < 4.78 is 2.95. The molecule has 1 amide bonds. The van der Waals surface area contributed by atoms with Crippen LogP contribution in [0, 0.1) is 20.8 Å². The van der Waals surface area contributed by atoms with E-state index in [2.05, 4.69) is 43.6 Å². The van der Waals surface area contributed by atoms with Crippen molar-refractivity contribution < 1.29 is 4.79 Å². The first-order valence-electron chi connectivity index (χ1n) is 9.85. The monoisotopic (exact) mass is 467 g/mol. The fraction of sp³-hybridized carbons (Fsp3) is 0.261. The largest absolute Gasteiger partial charge is 0.326 e. The Morgan fingerprint density at radius 3 is 2.50 bits per heavy atom. The lowest BCUT2D eigenvalue weighted by Gasteiger charge is -2.12. The summed E-state index contributed by atoms with van der Waals surface area (Å²) in [5.41, 5.74) is 5.56. The van der Waals surface area contributed by atoms with Crippen molar-refractivity contribution in [1.82, 2.24) is 15.1 Å². The number of hydrogen-bond acceptors (Lipinski definition) is 3. The average Bonchev–Trinajstić information content (AvgIpc) is 3.00. The van der Waals surface area contributed by atoms with E-state index in [4.69, 9.17) is 0 Å². The number of aryl methyl sites for hydroxylation is 3. The second-order valence-electron chi connectivity index (χ2n) is 7.09. The van der Waals surface area contributed by atoms with E-state index >= 15 is 0 Å². The molecule has 3 aromatic rings. The summed E-state index contributed by atoms with van der Waals surface area (Å²) >= 11 is 3.44. The maximum absolute atomic E-state index is 12.8. The number of anilines is 1. The molecule has 0 radical (unpaired) electrons. The Labute approximate surface area is 185 Å². The fourth-order valence-corrected chi connectivity index (χ4v) is 3.44. The molecule has 0 bridgehead atoms. The number of hydrogen-bond donors (Lipinski definition) is 2. The van der Waals surface area contributed by atoms with Gasteiger partial charge in [-0.3, -0.25) is 14.8 Å². The number of nitrogens with one attached hydrogen (secondary N) is 2. The molecule has 2 N–H and O–H groups in total. The number of rotatable bonds is 5. The van der Waals surface area contributed by atoms with Gasteiger partial charge in [-0.15, -0.1) is 0 Å². The molecular formula is C23H26BrN5O. The van der Waals surface area contributed by atoms with Crippen LogP contribution in [0.1, 0.15) is 39.8 Å². The van der Waals surface area contributed by atoms with E-state index in [9.17, 15) is 4.79 Å². The van der Waals surface area contributed by atoms with E-state index in [0.29, 0.717) is 18.1 Å². The lowest BCUT2D eigenvalue weighted by Crippen LogP contribution is -2.36. The highest BCUT2D eigenvalue weighted by Gasteiger charge is 2.13. The van der Waals surface area contributed by atoms with Gasteiger partial charge in [0.15, 0.2) is 0 Å². The molecule has 156 valence electrons. The molecule has 0 aliphatic rings. The number of nitrogens with zero attached hydrogens (tertiary/aromatic N) is 3. The van der Waals surface area contributed by atoms with Crippen LogP contribution in [0.5, 0.6) is 0 Å². The van der Waals surface area contributed by atoms with Crippen LogP contribution in [0.25, 0.3) is 0 Å². The molecule has 1 heterocycles. The summed E-state index contributed by atoms with van der Waals surface area (Å²) in [6.45, 7) is 9.28. The zero-order valence-electron chi connectivity index (χ0n) is 17.7. The van der Waals surface area contributed by atoms with E-state index in [-0.39, 0.29) is 5.91 Å². The molecule has 0 saturated heterocycles. The maximum atomic E-state index is 12.8. The van der Waals surface area contributed by atoms with Crippen molar-refractivity contribution in [2.75, 3.05) is 5.32 Å². The third kappa shape index (κ3) is 5.36. The number of benzene rings is 2. The number of aliphatic imine (C=N–C) groups is 1. The minimum absolute atomic E-state index is 0.209. The summed E-state index contributed by atoms with van der Waals surface area (Å²) in [6, 6.07) is 15.2. The van der Waals surface area contributed by atoms with E-state index in [0.717, 1.165) is 39.2 Å². The van der Waals surface area contributed by atoms with E-state index < -0.39 is 0 Å². The lowest BCUT2D eigenvalue weighted by atomic mass is 10.1. The second-order valence-corrected chi connectivity index (χ2v) is 8.00. The zero-order chi connectivity index (χ0) is 21.7. The first-order valence-corrected chi connectivity index (χ1v) is 10.6. The summed E-state index contributed by atoms with van der Waals surface area (Å²) in [6.07, 6.45) is 0. The Hall–Kier alpha value is -2.93. The number of guanidine groups is 1. The van der Waals surface area contributed by atoms with Crippen LogP contribution in [0.2, 0.25) is 0 Å². The van der Waals surface area contributed by atoms with Crippen LogP contribution in [-0.4, -0.2) is 21.6 Å². The van der Waals surface area contributed by atoms with E-state index in [1.54, 1.807) is 6.07 Å². The summed E-state index contributed by atoms with van der Waals surface area (Å²) in [5, 5.41) is 10.7. The van der Waals surface area contributed by atoms with Crippen LogP contribution in [0.4, 0.5) is 5.69 Å². The van der Waals surface area contributed by atoms with Crippen molar-refractivity contribution in [3.05, 3.63) is 81.1 Å². The maximum Gasteiger partial charge on any atom is 0.257 e. The van der Waals surface area contributed by atoms with Crippen molar-refractivity contribution in [2.24, 2.45) is 4.99 Å². The molecule has 0 aliphatic heterocycles. The van der Waals surface area contributed by atoms with E-state index in [1.807, 2.05) is 67.9 Å². The minimum Gasteiger partial charge on any atom is -0.326 e. The molecule has 3 rings (SSSR count). The Morgan fingerprint density at radius 2 is 1.87 bits per heavy atom. The summed E-state index contributed by atoms with van der Waals surface area (Å²) in [5.74, 6) is 0.187. The molecule has 30 heavy (non-hydrogen) atoms. The van der Waals surface area contributed by atoms with Crippen LogP contribution >= 0.6 is 15.9 Å². The van der Waals surface area contributed by atoms with Gasteiger partial charge in [0.05, 0.1) is 12.2 Å². The molecular weight excluding hydrogens is 442 g/mol. The number of aromatic nitrogens is 2. The van der Waals surface area contributed by atoms with Crippen LogP contribution in [-0.2, 0) is 13.1 Å². The Balaban J connectivity index is 1.86. The molecule has 0 aliphatic carbocycles. The molecule has 0 unspecified atom stereocenters. The van der Waals surface area contributed by atoms with Crippen LogP contribution < -0.4 is 10.6 Å². The van der Waals surface area contributed by atoms with Crippen molar-refractivity contribution in [3.8, 4) is 0 Å². The molecule has 0 spiro atoms. The Morgan fingerprint density at radius 1 is 1.13 bits per heavy atom. The fourth-order valence-electron chi connectivity index (χ4n) is 3.18. The Bertz CT molecular complexity index is 1070. The predicted molar refractivity (Wildman–Crippen MR) is 125 cm³/mol. The molecule has 0 atom stereocenters. The zero-order valence-corrected chi connectivity index (χ0v) is 19.2. The standard InChI is InChI=1S/C23H26BrN5O/c1-5-29-17(4)21(16(3)28-29)14-25-23(26-20-11-9-19(24)10-12-20)27-22(30)18-8-6-7-15(2)13-18/h6-13H,5,14H2,1-4H3,(H2,25,26,27,30). The highest BCUT2D eigenvalue weighted by Crippen LogP contribution is 2.16. The van der Waals surface area contributed by atoms with Gasteiger partial charge in [0.25, 0.3) is 5.91 Å². The third-order valence-corrected chi connectivity index (χ3v) is 5.37. The van der Waals surface area contributed by atoms with Crippen LogP contribution in [0.3, 0.4) is 0 Å². The molecule has 1 aromatic heterocycles.